The summed E-state index contributed by atoms with van der Waals surface area (Å²) in [4.78, 5) is 24.1. The maximum Gasteiger partial charge on any atom is 0.416 e. The van der Waals surface area contributed by atoms with Crippen molar-refractivity contribution >= 4 is 11.8 Å². The van der Waals surface area contributed by atoms with Gasteiger partial charge in [0.05, 0.1) is 5.56 Å². The van der Waals surface area contributed by atoms with Gasteiger partial charge in [-0.2, -0.15) is 13.2 Å². The van der Waals surface area contributed by atoms with Crippen LogP contribution in [0.3, 0.4) is 0 Å². The van der Waals surface area contributed by atoms with Crippen LogP contribution in [0.25, 0.3) is 11.3 Å². The largest absolute Gasteiger partial charge is 0.508 e. The molecule has 0 radical (unpaired) electrons. The van der Waals surface area contributed by atoms with Crippen molar-refractivity contribution in [2.45, 2.75) is 12.6 Å². The summed E-state index contributed by atoms with van der Waals surface area (Å²) in [5.41, 5.74) is -0.273. The molecule has 0 bridgehead atoms. The summed E-state index contributed by atoms with van der Waals surface area (Å²) in [6, 6.07) is 13.4. The minimum Gasteiger partial charge on any atom is -0.508 e. The van der Waals surface area contributed by atoms with E-state index in [1.165, 1.54) is 36.4 Å². The predicted molar refractivity (Wildman–Crippen MR) is 107 cm³/mol. The Bertz CT molecular complexity index is 1080. The standard InChI is InChI=1S/C22H19F3N2O4/c23-22(24,25)16-6-1-4-14(12-16)18-8-9-19(31-18)21(30)27-11-3-10-26-20(29)15-5-2-7-17(28)13-15/h1-2,4-9,12-13,28H,3,10-11H2,(H,26,29)(H,27,30). The van der Waals surface area contributed by atoms with Crippen LogP contribution in [-0.2, 0) is 6.18 Å². The number of nitrogens with one attached hydrogen (secondary N) is 2. The predicted octanol–water partition coefficient (Wildman–Crippen LogP) is 4.22. The van der Waals surface area contributed by atoms with E-state index in [1.807, 2.05) is 0 Å². The molecule has 31 heavy (non-hydrogen) atoms. The Hall–Kier alpha value is -3.75. The van der Waals surface area contributed by atoms with E-state index in [9.17, 15) is 27.9 Å². The van der Waals surface area contributed by atoms with Gasteiger partial charge in [-0.15, -0.1) is 0 Å². The molecule has 2 aromatic carbocycles. The van der Waals surface area contributed by atoms with Crippen LogP contribution in [-0.4, -0.2) is 30.0 Å². The van der Waals surface area contributed by atoms with Gasteiger partial charge in [0.1, 0.15) is 11.5 Å². The number of aromatic hydroxyl groups is 1. The number of hydrogen-bond acceptors (Lipinski definition) is 4. The average molecular weight is 432 g/mol. The fourth-order valence-corrected chi connectivity index (χ4v) is 2.79. The maximum atomic E-state index is 12.9. The number of rotatable bonds is 7. The number of halogens is 3. The van der Waals surface area contributed by atoms with Crippen molar-refractivity contribution in [2.24, 2.45) is 0 Å². The minimum absolute atomic E-state index is 0.0112. The summed E-state index contributed by atoms with van der Waals surface area (Å²) >= 11 is 0. The van der Waals surface area contributed by atoms with Crippen molar-refractivity contribution in [1.82, 2.24) is 10.6 Å². The van der Waals surface area contributed by atoms with Gasteiger partial charge in [0.2, 0.25) is 0 Å². The number of carbonyl (C=O) groups is 2. The van der Waals surface area contributed by atoms with Crippen molar-refractivity contribution in [3.63, 3.8) is 0 Å². The number of phenolic OH excluding ortho intramolecular Hbond substituents is 1. The van der Waals surface area contributed by atoms with Gasteiger partial charge in [0.25, 0.3) is 11.8 Å². The highest BCUT2D eigenvalue weighted by atomic mass is 19.4. The van der Waals surface area contributed by atoms with E-state index in [0.29, 0.717) is 18.5 Å². The van der Waals surface area contributed by atoms with E-state index in [4.69, 9.17) is 4.42 Å². The van der Waals surface area contributed by atoms with Gasteiger partial charge >= 0.3 is 6.18 Å². The first-order chi connectivity index (χ1) is 14.7. The summed E-state index contributed by atoms with van der Waals surface area (Å²) in [6.07, 6.45) is -4.03. The van der Waals surface area contributed by atoms with Crippen LogP contribution in [0.4, 0.5) is 13.2 Å². The van der Waals surface area contributed by atoms with Crippen LogP contribution in [0.2, 0.25) is 0 Å². The van der Waals surface area contributed by atoms with E-state index in [2.05, 4.69) is 10.6 Å². The molecule has 0 atom stereocenters. The summed E-state index contributed by atoms with van der Waals surface area (Å²) in [5.74, 6) is -0.759. The molecule has 9 heteroatoms. The summed E-state index contributed by atoms with van der Waals surface area (Å²) < 4.78 is 43.9. The quantitative estimate of drug-likeness (QED) is 0.488. The van der Waals surface area contributed by atoms with Crippen molar-refractivity contribution < 1.29 is 32.3 Å². The lowest BCUT2D eigenvalue weighted by Gasteiger charge is -2.07. The molecule has 1 heterocycles. The van der Waals surface area contributed by atoms with E-state index < -0.39 is 17.6 Å². The van der Waals surface area contributed by atoms with Crippen LogP contribution in [0.15, 0.2) is 65.1 Å². The van der Waals surface area contributed by atoms with Gasteiger partial charge < -0.3 is 20.2 Å². The van der Waals surface area contributed by atoms with Crippen molar-refractivity contribution in [1.29, 1.82) is 0 Å². The van der Waals surface area contributed by atoms with Gasteiger partial charge in [-0.25, -0.2) is 0 Å². The zero-order valence-corrected chi connectivity index (χ0v) is 16.2. The first kappa shape index (κ1) is 21.9. The Labute approximate surface area is 175 Å². The summed E-state index contributed by atoms with van der Waals surface area (Å²) in [7, 11) is 0. The first-order valence-corrected chi connectivity index (χ1v) is 9.37. The monoisotopic (exact) mass is 432 g/mol. The van der Waals surface area contributed by atoms with Gasteiger partial charge in [0.15, 0.2) is 5.76 Å². The topological polar surface area (TPSA) is 91.6 Å². The van der Waals surface area contributed by atoms with Crippen LogP contribution in [0, 0.1) is 0 Å². The molecule has 0 saturated heterocycles. The fraction of sp³-hybridized carbons (Fsp3) is 0.182. The lowest BCUT2D eigenvalue weighted by Crippen LogP contribution is -2.29. The fourth-order valence-electron chi connectivity index (χ4n) is 2.79. The molecular formula is C22H19F3N2O4. The Balaban J connectivity index is 1.48. The number of alkyl halides is 3. The molecular weight excluding hydrogens is 413 g/mol. The Kier molecular flexibility index (Phi) is 6.64. The molecule has 3 aromatic rings. The molecule has 6 nitrogen and oxygen atoms in total. The lowest BCUT2D eigenvalue weighted by molar-refractivity contribution is -0.137. The lowest BCUT2D eigenvalue weighted by atomic mass is 10.1. The SMILES string of the molecule is O=C(NCCCNC(=O)c1ccc(-c2cccc(C(F)(F)F)c2)o1)c1cccc(O)c1. The Morgan fingerprint density at radius 2 is 1.61 bits per heavy atom. The third-order valence-corrected chi connectivity index (χ3v) is 4.34. The average Bonchev–Trinajstić information content (AvgIpc) is 3.23. The zero-order chi connectivity index (χ0) is 22.4. The second-order valence-electron chi connectivity index (χ2n) is 6.66. The summed E-state index contributed by atoms with van der Waals surface area (Å²) in [5, 5.41) is 14.7. The molecule has 162 valence electrons. The van der Waals surface area contributed by atoms with E-state index in [-0.39, 0.29) is 35.3 Å². The molecule has 2 amide bonds. The highest BCUT2D eigenvalue weighted by molar-refractivity contribution is 5.94. The van der Waals surface area contributed by atoms with Gasteiger partial charge in [-0.05, 0) is 48.9 Å². The molecule has 3 N–H and O–H groups in total. The normalized spacial score (nSPS) is 11.2. The van der Waals surface area contributed by atoms with Crippen molar-refractivity contribution in [2.75, 3.05) is 13.1 Å². The van der Waals surface area contributed by atoms with Crippen molar-refractivity contribution in [3.05, 3.63) is 77.6 Å². The molecule has 0 aliphatic rings. The molecule has 0 fully saturated rings. The molecule has 0 aliphatic carbocycles. The number of carbonyl (C=O) groups excluding carboxylic acids is 2. The van der Waals surface area contributed by atoms with Crippen LogP contribution >= 0.6 is 0 Å². The van der Waals surface area contributed by atoms with E-state index in [0.717, 1.165) is 12.1 Å². The minimum atomic E-state index is -4.47. The highest BCUT2D eigenvalue weighted by Crippen LogP contribution is 2.32. The second-order valence-corrected chi connectivity index (χ2v) is 6.66. The van der Waals surface area contributed by atoms with Crippen LogP contribution in [0.1, 0.15) is 32.9 Å². The Morgan fingerprint density at radius 3 is 2.32 bits per heavy atom. The van der Waals surface area contributed by atoms with Gasteiger partial charge in [-0.1, -0.05) is 18.2 Å². The summed E-state index contributed by atoms with van der Waals surface area (Å²) in [6.45, 7) is 0.543. The Morgan fingerprint density at radius 1 is 0.903 bits per heavy atom. The molecule has 0 spiro atoms. The first-order valence-electron chi connectivity index (χ1n) is 9.37. The van der Waals surface area contributed by atoms with Gasteiger partial charge in [0, 0.05) is 24.2 Å². The van der Waals surface area contributed by atoms with Crippen LogP contribution < -0.4 is 10.6 Å². The van der Waals surface area contributed by atoms with Crippen LogP contribution in [0.5, 0.6) is 5.75 Å². The number of furan rings is 1. The maximum absolute atomic E-state index is 12.9. The van der Waals surface area contributed by atoms with Gasteiger partial charge in [-0.3, -0.25) is 9.59 Å². The van der Waals surface area contributed by atoms with Crippen molar-refractivity contribution in [3.8, 4) is 17.1 Å². The number of amides is 2. The second kappa shape index (κ2) is 9.38. The number of benzene rings is 2. The number of hydrogen-bond donors (Lipinski definition) is 3. The molecule has 0 saturated carbocycles. The molecule has 3 rings (SSSR count). The molecule has 0 unspecified atom stereocenters. The number of phenols is 1. The molecule has 0 aliphatic heterocycles. The van der Waals surface area contributed by atoms with E-state index >= 15 is 0 Å². The van der Waals surface area contributed by atoms with E-state index in [1.54, 1.807) is 12.1 Å². The zero-order valence-electron chi connectivity index (χ0n) is 16.2. The molecule has 1 aromatic heterocycles. The third kappa shape index (κ3) is 5.88. The third-order valence-electron chi connectivity index (χ3n) is 4.34. The highest BCUT2D eigenvalue weighted by Gasteiger charge is 2.30. The smallest absolute Gasteiger partial charge is 0.416 e.